The molecule has 5 nitrogen and oxygen atoms in total. The first-order valence-corrected chi connectivity index (χ1v) is 8.54. The average molecular weight is 315 g/mol. The van der Waals surface area contributed by atoms with Crippen molar-refractivity contribution in [1.29, 1.82) is 0 Å². The van der Waals surface area contributed by atoms with Gasteiger partial charge in [-0.05, 0) is 49.2 Å². The second-order valence-electron chi connectivity index (χ2n) is 5.16. The molecule has 0 spiro atoms. The molecular weight excluding hydrogens is 298 g/mol. The number of anilines is 1. The predicted molar refractivity (Wildman–Crippen MR) is 87.5 cm³/mol. The Balaban J connectivity index is 1.92. The number of sulfonamides is 1. The molecule has 3 rings (SSSR count). The first-order valence-electron chi connectivity index (χ1n) is 7.06. The molecule has 0 atom stereocenters. The lowest BCUT2D eigenvalue weighted by atomic mass is 10.2. The SMILES string of the molecule is CCc1ccc(NS(=O)(=O)c2ccc3nc(C)[nH]c3c2)cc1. The zero-order chi connectivity index (χ0) is 15.7. The Morgan fingerprint density at radius 3 is 2.55 bits per heavy atom. The molecule has 0 aliphatic carbocycles. The van der Waals surface area contributed by atoms with Crippen LogP contribution in [0.3, 0.4) is 0 Å². The van der Waals surface area contributed by atoms with Gasteiger partial charge in [-0.2, -0.15) is 0 Å². The molecule has 3 aromatic rings. The molecule has 0 radical (unpaired) electrons. The highest BCUT2D eigenvalue weighted by molar-refractivity contribution is 7.92. The third kappa shape index (κ3) is 2.82. The molecule has 0 saturated heterocycles. The Bertz CT molecular complexity index is 912. The summed E-state index contributed by atoms with van der Waals surface area (Å²) in [6.45, 7) is 3.89. The molecule has 0 amide bonds. The summed E-state index contributed by atoms with van der Waals surface area (Å²) in [6.07, 6.45) is 0.920. The van der Waals surface area contributed by atoms with Gasteiger partial charge >= 0.3 is 0 Å². The largest absolute Gasteiger partial charge is 0.342 e. The summed E-state index contributed by atoms with van der Waals surface area (Å²) in [4.78, 5) is 7.53. The maximum atomic E-state index is 12.5. The van der Waals surface area contributed by atoms with E-state index in [4.69, 9.17) is 0 Å². The van der Waals surface area contributed by atoms with E-state index in [1.54, 1.807) is 30.3 Å². The van der Waals surface area contributed by atoms with Gasteiger partial charge in [0.1, 0.15) is 5.82 Å². The van der Waals surface area contributed by atoms with E-state index >= 15 is 0 Å². The first-order chi connectivity index (χ1) is 10.5. The summed E-state index contributed by atoms with van der Waals surface area (Å²) < 4.78 is 27.5. The Hall–Kier alpha value is -2.34. The lowest BCUT2D eigenvalue weighted by Gasteiger charge is -2.08. The van der Waals surface area contributed by atoms with Crippen molar-refractivity contribution in [3.63, 3.8) is 0 Å². The van der Waals surface area contributed by atoms with Crippen LogP contribution in [0.4, 0.5) is 5.69 Å². The van der Waals surface area contributed by atoms with Crippen molar-refractivity contribution in [2.75, 3.05) is 4.72 Å². The van der Waals surface area contributed by atoms with E-state index in [0.29, 0.717) is 11.2 Å². The number of nitrogens with one attached hydrogen (secondary N) is 2. The van der Waals surface area contributed by atoms with Gasteiger partial charge in [0.2, 0.25) is 0 Å². The quantitative estimate of drug-likeness (QED) is 0.776. The number of aryl methyl sites for hydroxylation is 2. The fraction of sp³-hybridized carbons (Fsp3) is 0.188. The van der Waals surface area contributed by atoms with Gasteiger partial charge in [-0.25, -0.2) is 13.4 Å². The lowest BCUT2D eigenvalue weighted by molar-refractivity contribution is 0.601. The van der Waals surface area contributed by atoms with Gasteiger partial charge in [-0.3, -0.25) is 4.72 Å². The van der Waals surface area contributed by atoms with E-state index < -0.39 is 10.0 Å². The van der Waals surface area contributed by atoms with Gasteiger partial charge in [0, 0.05) is 5.69 Å². The van der Waals surface area contributed by atoms with E-state index in [1.807, 2.05) is 19.1 Å². The third-order valence-corrected chi connectivity index (χ3v) is 4.88. The van der Waals surface area contributed by atoms with Crippen molar-refractivity contribution in [3.8, 4) is 0 Å². The number of hydrogen-bond acceptors (Lipinski definition) is 3. The topological polar surface area (TPSA) is 74.8 Å². The zero-order valence-electron chi connectivity index (χ0n) is 12.4. The maximum absolute atomic E-state index is 12.5. The van der Waals surface area contributed by atoms with Crippen LogP contribution in [-0.2, 0) is 16.4 Å². The molecule has 0 bridgehead atoms. The van der Waals surface area contributed by atoms with E-state index in [-0.39, 0.29) is 4.90 Å². The normalized spacial score (nSPS) is 11.7. The summed E-state index contributed by atoms with van der Waals surface area (Å²) in [5.41, 5.74) is 3.18. The molecule has 2 N–H and O–H groups in total. The van der Waals surface area contributed by atoms with Crippen molar-refractivity contribution in [3.05, 3.63) is 53.9 Å². The monoisotopic (exact) mass is 315 g/mol. The van der Waals surface area contributed by atoms with Crippen LogP contribution in [-0.4, -0.2) is 18.4 Å². The minimum Gasteiger partial charge on any atom is -0.342 e. The second-order valence-corrected chi connectivity index (χ2v) is 6.84. The van der Waals surface area contributed by atoms with Crippen molar-refractivity contribution in [2.45, 2.75) is 25.2 Å². The van der Waals surface area contributed by atoms with Gasteiger partial charge in [0.05, 0.1) is 15.9 Å². The first kappa shape index (κ1) is 14.6. The van der Waals surface area contributed by atoms with Gasteiger partial charge in [-0.15, -0.1) is 0 Å². The third-order valence-electron chi connectivity index (χ3n) is 3.50. The molecule has 0 aliphatic rings. The van der Waals surface area contributed by atoms with Gasteiger partial charge < -0.3 is 4.98 Å². The van der Waals surface area contributed by atoms with Crippen molar-refractivity contribution >= 4 is 26.7 Å². The Morgan fingerprint density at radius 2 is 1.86 bits per heavy atom. The van der Waals surface area contributed by atoms with Crippen molar-refractivity contribution in [1.82, 2.24) is 9.97 Å². The minimum absolute atomic E-state index is 0.211. The van der Waals surface area contributed by atoms with Crippen molar-refractivity contribution in [2.24, 2.45) is 0 Å². The second kappa shape index (κ2) is 5.46. The summed E-state index contributed by atoms with van der Waals surface area (Å²) in [5.74, 6) is 0.757. The molecule has 1 aromatic heterocycles. The predicted octanol–water partition coefficient (Wildman–Crippen LogP) is 3.23. The number of nitrogens with zero attached hydrogens (tertiary/aromatic N) is 1. The number of aromatic amines is 1. The highest BCUT2D eigenvalue weighted by atomic mass is 32.2. The Labute approximate surface area is 129 Å². The summed E-state index contributed by atoms with van der Waals surface area (Å²) in [6, 6.07) is 12.2. The van der Waals surface area contributed by atoms with E-state index in [1.165, 1.54) is 0 Å². The van der Waals surface area contributed by atoms with Crippen molar-refractivity contribution < 1.29 is 8.42 Å². The fourth-order valence-corrected chi connectivity index (χ4v) is 3.39. The van der Waals surface area contributed by atoms with Crippen LogP contribution in [0.15, 0.2) is 47.4 Å². The van der Waals surface area contributed by atoms with E-state index in [9.17, 15) is 8.42 Å². The molecule has 1 heterocycles. The molecular formula is C16H17N3O2S. The number of aromatic nitrogens is 2. The molecule has 0 saturated carbocycles. The maximum Gasteiger partial charge on any atom is 0.261 e. The van der Waals surface area contributed by atoms with Crippen LogP contribution in [0, 0.1) is 6.92 Å². The lowest BCUT2D eigenvalue weighted by Crippen LogP contribution is -2.12. The molecule has 0 fully saturated rings. The van der Waals surface area contributed by atoms with Gasteiger partial charge in [0.25, 0.3) is 10.0 Å². The number of imidazole rings is 1. The highest BCUT2D eigenvalue weighted by Gasteiger charge is 2.15. The Kier molecular flexibility index (Phi) is 3.62. The van der Waals surface area contributed by atoms with Gasteiger partial charge in [-0.1, -0.05) is 19.1 Å². The summed E-state index contributed by atoms with van der Waals surface area (Å²) in [5, 5.41) is 0. The van der Waals surface area contributed by atoms with E-state index in [0.717, 1.165) is 23.3 Å². The number of H-pyrrole nitrogens is 1. The molecule has 114 valence electrons. The molecule has 22 heavy (non-hydrogen) atoms. The summed E-state index contributed by atoms with van der Waals surface area (Å²) >= 11 is 0. The standard InChI is InChI=1S/C16H17N3O2S/c1-3-12-4-6-13(7-5-12)19-22(20,21)14-8-9-15-16(10-14)18-11(2)17-15/h4-10,19H,3H2,1-2H3,(H,17,18). The molecule has 2 aromatic carbocycles. The zero-order valence-corrected chi connectivity index (χ0v) is 13.2. The molecule has 0 unspecified atom stereocenters. The van der Waals surface area contributed by atoms with Crippen LogP contribution in [0.25, 0.3) is 11.0 Å². The number of hydrogen-bond donors (Lipinski definition) is 2. The van der Waals surface area contributed by atoms with Gasteiger partial charge in [0.15, 0.2) is 0 Å². The minimum atomic E-state index is -3.61. The fourth-order valence-electron chi connectivity index (χ4n) is 2.31. The van der Waals surface area contributed by atoms with E-state index in [2.05, 4.69) is 21.6 Å². The smallest absolute Gasteiger partial charge is 0.261 e. The van der Waals surface area contributed by atoms with Crippen LogP contribution < -0.4 is 4.72 Å². The average Bonchev–Trinajstić information content (AvgIpc) is 2.86. The van der Waals surface area contributed by atoms with Crippen LogP contribution in [0.5, 0.6) is 0 Å². The van der Waals surface area contributed by atoms with Crippen LogP contribution in [0.1, 0.15) is 18.3 Å². The number of benzene rings is 2. The molecule has 0 aliphatic heterocycles. The highest BCUT2D eigenvalue weighted by Crippen LogP contribution is 2.20. The number of rotatable bonds is 4. The number of fused-ring (bicyclic) bond motifs is 1. The van der Waals surface area contributed by atoms with Crippen LogP contribution >= 0.6 is 0 Å². The molecule has 6 heteroatoms. The van der Waals surface area contributed by atoms with Crippen LogP contribution in [0.2, 0.25) is 0 Å². The summed E-state index contributed by atoms with van der Waals surface area (Å²) in [7, 11) is -3.61. The Morgan fingerprint density at radius 1 is 1.14 bits per heavy atom.